The van der Waals surface area contributed by atoms with Crippen molar-refractivity contribution in [3.63, 3.8) is 0 Å². The van der Waals surface area contributed by atoms with Crippen molar-refractivity contribution in [1.29, 1.82) is 0 Å². The Morgan fingerprint density at radius 3 is 2.83 bits per heavy atom. The maximum absolute atomic E-state index is 12.2. The number of carbonyl (C=O) groups excluding carboxylic acids is 1. The van der Waals surface area contributed by atoms with Crippen molar-refractivity contribution in [1.82, 2.24) is 0 Å². The highest BCUT2D eigenvalue weighted by Crippen LogP contribution is 2.26. The molecule has 1 heterocycles. The highest BCUT2D eigenvalue weighted by Gasteiger charge is 2.17. The second kappa shape index (κ2) is 4.65. The van der Waals surface area contributed by atoms with Gasteiger partial charge in [-0.05, 0) is 36.6 Å². The third kappa shape index (κ3) is 2.02. The molecule has 1 aromatic carbocycles. The second-order valence-corrected chi connectivity index (χ2v) is 4.46. The van der Waals surface area contributed by atoms with E-state index in [2.05, 4.69) is 18.2 Å². The summed E-state index contributed by atoms with van der Waals surface area (Å²) in [5.41, 5.74) is 2.72. The van der Waals surface area contributed by atoms with Crippen LogP contribution in [0.15, 0.2) is 59.7 Å². The molecule has 0 atom stereocenters. The lowest BCUT2D eigenvalue weighted by Gasteiger charge is -2.11. The van der Waals surface area contributed by atoms with Crippen LogP contribution in [-0.2, 0) is 0 Å². The Labute approximate surface area is 106 Å². The third-order valence-electron chi connectivity index (χ3n) is 3.21. The van der Waals surface area contributed by atoms with E-state index in [0.717, 1.165) is 24.0 Å². The molecule has 2 nitrogen and oxygen atoms in total. The van der Waals surface area contributed by atoms with Crippen molar-refractivity contribution >= 4 is 5.78 Å². The van der Waals surface area contributed by atoms with Crippen LogP contribution in [0.25, 0.3) is 0 Å². The van der Waals surface area contributed by atoms with E-state index in [9.17, 15) is 4.79 Å². The molecule has 0 unspecified atom stereocenters. The van der Waals surface area contributed by atoms with Crippen molar-refractivity contribution in [3.05, 3.63) is 65.3 Å². The first-order valence-corrected chi connectivity index (χ1v) is 6.18. The van der Waals surface area contributed by atoms with E-state index in [-0.39, 0.29) is 5.78 Å². The predicted octanol–water partition coefficient (Wildman–Crippen LogP) is 3.46. The van der Waals surface area contributed by atoms with Crippen LogP contribution in [-0.4, -0.2) is 12.4 Å². The molecule has 0 bridgehead atoms. The van der Waals surface area contributed by atoms with Gasteiger partial charge in [-0.3, -0.25) is 4.79 Å². The van der Waals surface area contributed by atoms with Gasteiger partial charge in [-0.2, -0.15) is 0 Å². The van der Waals surface area contributed by atoms with Gasteiger partial charge >= 0.3 is 0 Å². The quantitative estimate of drug-likeness (QED) is 0.749. The van der Waals surface area contributed by atoms with Crippen LogP contribution in [0.1, 0.15) is 23.2 Å². The van der Waals surface area contributed by atoms with Gasteiger partial charge in [-0.1, -0.05) is 30.4 Å². The number of hydrogen-bond donors (Lipinski definition) is 0. The zero-order chi connectivity index (χ0) is 12.4. The summed E-state index contributed by atoms with van der Waals surface area (Å²) in [6.07, 6.45) is 10.2. The molecule has 2 aliphatic rings. The Bertz CT molecular complexity index is 577. The number of fused-ring (bicyclic) bond motifs is 1. The minimum absolute atomic E-state index is 0.0259. The van der Waals surface area contributed by atoms with Crippen LogP contribution in [0.2, 0.25) is 0 Å². The summed E-state index contributed by atoms with van der Waals surface area (Å²) >= 11 is 0. The van der Waals surface area contributed by atoms with E-state index in [1.165, 1.54) is 0 Å². The molecule has 0 fully saturated rings. The summed E-state index contributed by atoms with van der Waals surface area (Å²) in [5, 5.41) is 0. The smallest absolute Gasteiger partial charge is 0.189 e. The maximum Gasteiger partial charge on any atom is 0.189 e. The summed E-state index contributed by atoms with van der Waals surface area (Å²) < 4.78 is 5.72. The SMILES string of the molecule is O=C1C=C(C2=CCCC=C2)COc2ccccc21. The number of hydrogen-bond acceptors (Lipinski definition) is 2. The average Bonchev–Trinajstić information content (AvgIpc) is 2.60. The van der Waals surface area contributed by atoms with Crippen molar-refractivity contribution in [2.45, 2.75) is 12.8 Å². The molecule has 0 aromatic heterocycles. The van der Waals surface area contributed by atoms with Crippen molar-refractivity contribution in [2.24, 2.45) is 0 Å². The van der Waals surface area contributed by atoms with Gasteiger partial charge in [0.25, 0.3) is 0 Å². The number of rotatable bonds is 1. The lowest BCUT2D eigenvalue weighted by molar-refractivity contribution is 0.104. The molecular weight excluding hydrogens is 224 g/mol. The fourth-order valence-electron chi connectivity index (χ4n) is 2.25. The highest BCUT2D eigenvalue weighted by atomic mass is 16.5. The van der Waals surface area contributed by atoms with Crippen molar-refractivity contribution < 1.29 is 9.53 Å². The van der Waals surface area contributed by atoms with E-state index in [1.54, 1.807) is 6.08 Å². The average molecular weight is 238 g/mol. The van der Waals surface area contributed by atoms with Crippen LogP contribution in [0.4, 0.5) is 0 Å². The van der Waals surface area contributed by atoms with E-state index in [0.29, 0.717) is 17.9 Å². The predicted molar refractivity (Wildman–Crippen MR) is 70.8 cm³/mol. The summed E-state index contributed by atoms with van der Waals surface area (Å²) in [6, 6.07) is 7.40. The van der Waals surface area contributed by atoms with Gasteiger partial charge in [-0.25, -0.2) is 0 Å². The standard InChI is InChI=1S/C16H14O2/c17-15-10-13(12-6-2-1-3-7-12)11-18-16-9-5-4-8-14(15)16/h2,4-10H,1,3,11H2. The first-order valence-electron chi connectivity index (χ1n) is 6.18. The monoisotopic (exact) mass is 238 g/mol. The molecule has 18 heavy (non-hydrogen) atoms. The number of ether oxygens (including phenoxy) is 1. The number of benzene rings is 1. The fraction of sp³-hybridized carbons (Fsp3) is 0.188. The van der Waals surface area contributed by atoms with Gasteiger partial charge in [0.1, 0.15) is 12.4 Å². The molecule has 0 saturated carbocycles. The lowest BCUT2D eigenvalue weighted by atomic mass is 9.98. The Hall–Kier alpha value is -2.09. The van der Waals surface area contributed by atoms with E-state index < -0.39 is 0 Å². The van der Waals surface area contributed by atoms with Gasteiger partial charge in [0.05, 0.1) is 5.56 Å². The Morgan fingerprint density at radius 1 is 1.11 bits per heavy atom. The van der Waals surface area contributed by atoms with Gasteiger partial charge in [0.2, 0.25) is 0 Å². The minimum atomic E-state index is 0.0259. The summed E-state index contributed by atoms with van der Waals surface area (Å²) in [6.45, 7) is 0.457. The molecule has 0 radical (unpaired) electrons. The zero-order valence-electron chi connectivity index (χ0n) is 10.1. The summed E-state index contributed by atoms with van der Waals surface area (Å²) in [7, 11) is 0. The molecule has 0 N–H and O–H groups in total. The molecule has 90 valence electrons. The molecule has 1 aromatic rings. The molecule has 1 aliphatic carbocycles. The second-order valence-electron chi connectivity index (χ2n) is 4.46. The number of ketones is 1. The Balaban J connectivity index is 1.96. The molecule has 2 heteroatoms. The first kappa shape index (κ1) is 11.0. The van der Waals surface area contributed by atoms with Crippen LogP contribution in [0.5, 0.6) is 5.75 Å². The molecule has 1 aliphatic heterocycles. The highest BCUT2D eigenvalue weighted by molar-refractivity contribution is 6.07. The van der Waals surface area contributed by atoms with E-state index in [4.69, 9.17) is 4.74 Å². The van der Waals surface area contributed by atoms with Crippen LogP contribution >= 0.6 is 0 Å². The normalized spacial score (nSPS) is 18.3. The van der Waals surface area contributed by atoms with Crippen LogP contribution in [0.3, 0.4) is 0 Å². The molecule has 0 spiro atoms. The minimum Gasteiger partial charge on any atom is -0.488 e. The number of carbonyl (C=O) groups is 1. The Kier molecular flexibility index (Phi) is 2.85. The molecule has 0 amide bonds. The zero-order valence-corrected chi connectivity index (χ0v) is 10.1. The molecule has 3 rings (SSSR count). The van der Waals surface area contributed by atoms with E-state index >= 15 is 0 Å². The largest absolute Gasteiger partial charge is 0.488 e. The third-order valence-corrected chi connectivity index (χ3v) is 3.21. The van der Waals surface area contributed by atoms with Gasteiger partial charge in [0.15, 0.2) is 5.78 Å². The van der Waals surface area contributed by atoms with E-state index in [1.807, 2.05) is 24.3 Å². The first-order chi connectivity index (χ1) is 8.84. The number of para-hydroxylation sites is 1. The molecule has 0 saturated heterocycles. The topological polar surface area (TPSA) is 26.3 Å². The van der Waals surface area contributed by atoms with Crippen molar-refractivity contribution in [3.8, 4) is 5.75 Å². The molecular formula is C16H14O2. The summed E-state index contributed by atoms with van der Waals surface area (Å²) in [4.78, 5) is 12.2. The van der Waals surface area contributed by atoms with Crippen LogP contribution < -0.4 is 4.74 Å². The maximum atomic E-state index is 12.2. The van der Waals surface area contributed by atoms with Crippen LogP contribution in [0, 0.1) is 0 Å². The lowest BCUT2D eigenvalue weighted by Crippen LogP contribution is -2.02. The summed E-state index contributed by atoms with van der Waals surface area (Å²) in [5.74, 6) is 0.701. The van der Waals surface area contributed by atoms with Gasteiger partial charge in [0, 0.05) is 5.57 Å². The van der Waals surface area contributed by atoms with Gasteiger partial charge in [-0.15, -0.1) is 0 Å². The number of allylic oxidation sites excluding steroid dienone is 4. The van der Waals surface area contributed by atoms with Crippen molar-refractivity contribution in [2.75, 3.05) is 6.61 Å². The fourth-order valence-corrected chi connectivity index (χ4v) is 2.25. The Morgan fingerprint density at radius 2 is 2.00 bits per heavy atom. The van der Waals surface area contributed by atoms with Gasteiger partial charge < -0.3 is 4.74 Å².